The van der Waals surface area contributed by atoms with E-state index in [9.17, 15) is 13.6 Å². The molecule has 1 aliphatic carbocycles. The molecule has 0 aliphatic heterocycles. The van der Waals surface area contributed by atoms with Gasteiger partial charge in [-0.05, 0) is 69.0 Å². The van der Waals surface area contributed by atoms with Crippen LogP contribution in [0, 0.1) is 6.92 Å². The third-order valence-electron chi connectivity index (χ3n) is 6.12. The van der Waals surface area contributed by atoms with Crippen LogP contribution in [0.15, 0.2) is 76.3 Å². The highest BCUT2D eigenvalue weighted by Gasteiger charge is 2.21. The van der Waals surface area contributed by atoms with Crippen molar-refractivity contribution in [2.45, 2.75) is 50.2 Å². The zero-order valence-corrected chi connectivity index (χ0v) is 20.3. The topological polar surface area (TPSA) is 121 Å². The number of nitrogens with zero attached hydrogens (tertiary/aromatic N) is 2. The molecule has 1 aromatic heterocycles. The van der Waals surface area contributed by atoms with E-state index in [2.05, 4.69) is 15.6 Å². The van der Waals surface area contributed by atoms with Crippen molar-refractivity contribution in [3.05, 3.63) is 77.5 Å². The Morgan fingerprint density at radius 1 is 1.11 bits per heavy atom. The number of hydrogen-bond donors (Lipinski definition) is 3. The van der Waals surface area contributed by atoms with Crippen molar-refractivity contribution in [3.63, 3.8) is 0 Å². The molecule has 0 spiro atoms. The first kappa shape index (κ1) is 24.8. The summed E-state index contributed by atoms with van der Waals surface area (Å²) in [6, 6.07) is 15.4. The third-order valence-corrected chi connectivity index (χ3v) is 7.91. The number of fused-ring (bicyclic) bond motifs is 1. The molecule has 184 valence electrons. The van der Waals surface area contributed by atoms with Crippen LogP contribution in [0.25, 0.3) is 10.9 Å². The smallest absolute Gasteiger partial charge is 0.180 e. The fourth-order valence-electron chi connectivity index (χ4n) is 4.28. The first-order valence-corrected chi connectivity index (χ1v) is 13.1. The summed E-state index contributed by atoms with van der Waals surface area (Å²) in [5.74, 6) is 0.279. The van der Waals surface area contributed by atoms with Crippen molar-refractivity contribution in [1.29, 1.82) is 0 Å². The monoisotopic (exact) mass is 495 g/mol. The molecule has 0 amide bonds. The van der Waals surface area contributed by atoms with Gasteiger partial charge in [-0.1, -0.05) is 35.0 Å². The van der Waals surface area contributed by atoms with Crippen molar-refractivity contribution >= 4 is 26.5 Å². The van der Waals surface area contributed by atoms with Crippen LogP contribution in [-0.2, 0) is 16.4 Å². The Kier molecular flexibility index (Phi) is 7.80. The van der Waals surface area contributed by atoms with Gasteiger partial charge in [0.1, 0.15) is 12.4 Å². The minimum Gasteiger partial charge on any atom is -0.489 e. The van der Waals surface area contributed by atoms with Gasteiger partial charge < -0.3 is 15.2 Å². The number of aromatic nitrogens is 1. The molecule has 35 heavy (non-hydrogen) atoms. The second-order valence-corrected chi connectivity index (χ2v) is 10.7. The molecule has 1 saturated carbocycles. The van der Waals surface area contributed by atoms with Crippen LogP contribution in [0.3, 0.4) is 0 Å². The standard InChI is InChI=1S/C26H29N3O5S/c1-18-14-20(25-4-2-3-5-26(25)27-18)16-34-23-10-12-24(13-11-23)35(32,33)17-22(29-31)15-19-6-8-21(28-30)9-7-19/h2-5,10-15,22,29-31H,6-9,16-17H2,1H3. The van der Waals surface area contributed by atoms with E-state index in [0.29, 0.717) is 38.0 Å². The largest absolute Gasteiger partial charge is 0.489 e. The van der Waals surface area contributed by atoms with E-state index in [0.717, 1.165) is 33.4 Å². The van der Waals surface area contributed by atoms with Gasteiger partial charge in [-0.15, -0.1) is 0 Å². The number of pyridine rings is 1. The fourth-order valence-corrected chi connectivity index (χ4v) is 5.67. The highest BCUT2D eigenvalue weighted by atomic mass is 32.2. The maximum absolute atomic E-state index is 12.9. The number of benzene rings is 2. The lowest BCUT2D eigenvalue weighted by atomic mass is 9.92. The molecular formula is C26H29N3O5S. The van der Waals surface area contributed by atoms with Crippen LogP contribution < -0.4 is 10.2 Å². The Balaban J connectivity index is 1.41. The minimum atomic E-state index is -3.65. The highest BCUT2D eigenvalue weighted by molar-refractivity contribution is 7.91. The molecule has 1 atom stereocenters. The number of aryl methyl sites for hydroxylation is 1. The van der Waals surface area contributed by atoms with E-state index >= 15 is 0 Å². The molecule has 2 aromatic carbocycles. The van der Waals surface area contributed by atoms with E-state index in [4.69, 9.17) is 9.94 Å². The summed E-state index contributed by atoms with van der Waals surface area (Å²) in [5, 5.41) is 22.7. The second-order valence-electron chi connectivity index (χ2n) is 8.71. The van der Waals surface area contributed by atoms with Gasteiger partial charge in [-0.3, -0.25) is 4.98 Å². The predicted octanol–water partition coefficient (Wildman–Crippen LogP) is 4.57. The Morgan fingerprint density at radius 3 is 2.51 bits per heavy atom. The average Bonchev–Trinajstić information content (AvgIpc) is 2.87. The first-order chi connectivity index (χ1) is 16.9. The Morgan fingerprint density at radius 2 is 1.83 bits per heavy atom. The lowest BCUT2D eigenvalue weighted by molar-refractivity contribution is 0.150. The number of oxime groups is 1. The first-order valence-electron chi connectivity index (χ1n) is 11.5. The quantitative estimate of drug-likeness (QED) is 0.238. The van der Waals surface area contributed by atoms with Gasteiger partial charge in [-0.2, -0.15) is 5.48 Å². The number of allylic oxidation sites excluding steroid dienone is 1. The molecular weight excluding hydrogens is 466 g/mol. The van der Waals surface area contributed by atoms with E-state index in [1.165, 1.54) is 12.1 Å². The van der Waals surface area contributed by atoms with E-state index in [1.54, 1.807) is 18.2 Å². The van der Waals surface area contributed by atoms with Gasteiger partial charge in [0.25, 0.3) is 0 Å². The van der Waals surface area contributed by atoms with Crippen molar-refractivity contribution < 1.29 is 23.6 Å². The summed E-state index contributed by atoms with van der Waals surface area (Å²) >= 11 is 0. The Labute approximate surface area is 204 Å². The lowest BCUT2D eigenvalue weighted by Gasteiger charge is -2.18. The second kappa shape index (κ2) is 11.0. The van der Waals surface area contributed by atoms with Crippen LogP contribution in [-0.4, -0.2) is 41.3 Å². The molecule has 0 radical (unpaired) electrons. The van der Waals surface area contributed by atoms with Crippen molar-refractivity contribution in [1.82, 2.24) is 10.5 Å². The maximum Gasteiger partial charge on any atom is 0.180 e. The molecule has 8 nitrogen and oxygen atoms in total. The summed E-state index contributed by atoms with van der Waals surface area (Å²) in [6.45, 7) is 2.28. The van der Waals surface area contributed by atoms with E-state index in [-0.39, 0.29) is 10.6 Å². The van der Waals surface area contributed by atoms with Crippen molar-refractivity contribution in [2.24, 2.45) is 5.16 Å². The van der Waals surface area contributed by atoms with Crippen molar-refractivity contribution in [3.8, 4) is 5.75 Å². The Bertz CT molecular complexity index is 1340. The van der Waals surface area contributed by atoms with E-state index in [1.807, 2.05) is 37.3 Å². The van der Waals surface area contributed by atoms with Gasteiger partial charge in [0.15, 0.2) is 9.84 Å². The van der Waals surface area contributed by atoms with Gasteiger partial charge in [0, 0.05) is 16.6 Å². The normalized spacial score (nSPS) is 15.1. The van der Waals surface area contributed by atoms with Crippen LogP contribution in [0.5, 0.6) is 5.75 Å². The zero-order chi connectivity index (χ0) is 24.8. The van der Waals surface area contributed by atoms with Gasteiger partial charge in [-0.25, -0.2) is 8.42 Å². The molecule has 3 N–H and O–H groups in total. The molecule has 1 heterocycles. The molecule has 1 unspecified atom stereocenters. The minimum absolute atomic E-state index is 0.159. The summed E-state index contributed by atoms with van der Waals surface area (Å²) in [5.41, 5.74) is 6.69. The summed E-state index contributed by atoms with van der Waals surface area (Å²) < 4.78 is 31.8. The Hall–Kier alpha value is -3.27. The highest BCUT2D eigenvalue weighted by Crippen LogP contribution is 2.24. The molecule has 4 rings (SSSR count). The van der Waals surface area contributed by atoms with Crippen LogP contribution in [0.1, 0.15) is 36.9 Å². The molecule has 3 aromatic rings. The lowest BCUT2D eigenvalue weighted by Crippen LogP contribution is -2.32. The van der Waals surface area contributed by atoms with Gasteiger partial charge in [0.05, 0.1) is 27.9 Å². The third kappa shape index (κ3) is 6.25. The van der Waals surface area contributed by atoms with E-state index < -0.39 is 15.9 Å². The number of hydroxylamine groups is 1. The van der Waals surface area contributed by atoms with Crippen LogP contribution in [0.2, 0.25) is 0 Å². The number of ether oxygens (including phenoxy) is 1. The number of nitrogens with one attached hydrogen (secondary N) is 1. The zero-order valence-electron chi connectivity index (χ0n) is 19.5. The summed E-state index contributed by atoms with van der Waals surface area (Å²) in [7, 11) is -3.65. The van der Waals surface area contributed by atoms with Crippen LogP contribution >= 0.6 is 0 Å². The maximum atomic E-state index is 12.9. The van der Waals surface area contributed by atoms with Crippen molar-refractivity contribution in [2.75, 3.05) is 5.75 Å². The SMILES string of the molecule is Cc1cc(COc2ccc(S(=O)(=O)CC(C=C3CCC(=NO)CC3)NO)cc2)c2ccccc2n1. The van der Waals surface area contributed by atoms with Gasteiger partial charge >= 0.3 is 0 Å². The molecule has 0 saturated heterocycles. The molecule has 0 bridgehead atoms. The number of sulfone groups is 1. The molecule has 1 fully saturated rings. The molecule has 9 heteroatoms. The molecule has 1 aliphatic rings. The number of rotatable bonds is 8. The van der Waals surface area contributed by atoms with Crippen LogP contribution in [0.4, 0.5) is 0 Å². The van der Waals surface area contributed by atoms with Gasteiger partial charge in [0.2, 0.25) is 0 Å². The predicted molar refractivity (Wildman–Crippen MR) is 134 cm³/mol. The summed E-state index contributed by atoms with van der Waals surface area (Å²) in [4.78, 5) is 4.70. The number of para-hydroxylation sites is 1. The summed E-state index contributed by atoms with van der Waals surface area (Å²) in [6.07, 6.45) is 4.36. The average molecular weight is 496 g/mol. The fraction of sp³-hybridized carbons (Fsp3) is 0.308. The number of hydrogen-bond acceptors (Lipinski definition) is 8.